The largest absolute Gasteiger partial charge is 0.484 e. The maximum absolute atomic E-state index is 10.6. The van der Waals surface area contributed by atoms with Crippen molar-refractivity contribution < 1.29 is 9.53 Å². The van der Waals surface area contributed by atoms with Crippen LogP contribution in [0.1, 0.15) is 0 Å². The molecule has 2 aromatic carbocycles. The second kappa shape index (κ2) is 5.16. The number of carbonyl (C=O) groups is 1. The van der Waals surface area contributed by atoms with Crippen molar-refractivity contribution in [3.63, 3.8) is 0 Å². The van der Waals surface area contributed by atoms with Crippen LogP contribution in [-0.2, 0) is 4.79 Å². The van der Waals surface area contributed by atoms with E-state index >= 15 is 0 Å². The number of rotatable bonds is 4. The number of hydrogen-bond donors (Lipinski definition) is 1. The molecule has 2 rings (SSSR count). The monoisotopic (exact) mass is 227 g/mol. The van der Waals surface area contributed by atoms with Crippen molar-refractivity contribution in [2.75, 3.05) is 6.61 Å². The summed E-state index contributed by atoms with van der Waals surface area (Å²) < 4.78 is 5.26. The fourth-order valence-corrected chi connectivity index (χ4v) is 1.55. The minimum Gasteiger partial charge on any atom is -0.484 e. The average Bonchev–Trinajstić information content (AvgIpc) is 2.38. The Balaban J connectivity index is 2.20. The molecule has 0 fully saturated rings. The van der Waals surface area contributed by atoms with E-state index in [1.807, 2.05) is 48.5 Å². The number of carbonyl (C=O) groups excluding carboxylic acids is 1. The normalized spacial score (nSPS) is 9.88. The lowest BCUT2D eigenvalue weighted by molar-refractivity contribution is -0.119. The van der Waals surface area contributed by atoms with Crippen LogP contribution in [0.3, 0.4) is 0 Å². The first-order valence-corrected chi connectivity index (χ1v) is 5.32. The smallest absolute Gasteiger partial charge is 0.255 e. The van der Waals surface area contributed by atoms with Crippen LogP contribution in [0.25, 0.3) is 11.1 Å². The van der Waals surface area contributed by atoms with E-state index in [0.717, 1.165) is 11.1 Å². The third-order valence-corrected chi connectivity index (χ3v) is 2.32. The molecule has 0 bridgehead atoms. The summed E-state index contributed by atoms with van der Waals surface area (Å²) in [4.78, 5) is 10.6. The van der Waals surface area contributed by atoms with E-state index in [1.165, 1.54) is 0 Å². The fraction of sp³-hybridized carbons (Fsp3) is 0.0714. The Bertz CT molecular complexity index is 509. The van der Waals surface area contributed by atoms with Crippen molar-refractivity contribution >= 4 is 5.91 Å². The standard InChI is InChI=1S/C14H13NO2/c15-14(16)10-17-13-8-4-7-12(9-13)11-5-2-1-3-6-11/h1-9H,10H2,(H2,15,16). The van der Waals surface area contributed by atoms with Gasteiger partial charge in [-0.05, 0) is 23.3 Å². The van der Waals surface area contributed by atoms with Gasteiger partial charge in [-0.25, -0.2) is 0 Å². The SMILES string of the molecule is NC(=O)COc1cccc(-c2ccccc2)c1. The topological polar surface area (TPSA) is 52.3 Å². The molecule has 2 aromatic rings. The lowest BCUT2D eigenvalue weighted by atomic mass is 10.1. The van der Waals surface area contributed by atoms with Gasteiger partial charge >= 0.3 is 0 Å². The Labute approximate surface area is 99.8 Å². The summed E-state index contributed by atoms with van der Waals surface area (Å²) in [7, 11) is 0. The molecule has 3 heteroatoms. The van der Waals surface area contributed by atoms with Gasteiger partial charge in [-0.2, -0.15) is 0 Å². The van der Waals surface area contributed by atoms with E-state index in [-0.39, 0.29) is 6.61 Å². The summed E-state index contributed by atoms with van der Waals surface area (Å²) in [6, 6.07) is 17.5. The molecule has 86 valence electrons. The predicted molar refractivity (Wildman–Crippen MR) is 66.6 cm³/mol. The highest BCUT2D eigenvalue weighted by molar-refractivity contribution is 5.75. The van der Waals surface area contributed by atoms with Crippen LogP contribution in [0.4, 0.5) is 0 Å². The highest BCUT2D eigenvalue weighted by Gasteiger charge is 2.00. The average molecular weight is 227 g/mol. The highest BCUT2D eigenvalue weighted by atomic mass is 16.5. The first-order valence-electron chi connectivity index (χ1n) is 5.32. The maximum Gasteiger partial charge on any atom is 0.255 e. The molecule has 0 spiro atoms. The molecule has 3 nitrogen and oxygen atoms in total. The summed E-state index contributed by atoms with van der Waals surface area (Å²) >= 11 is 0. The van der Waals surface area contributed by atoms with Gasteiger partial charge in [0.25, 0.3) is 5.91 Å². The van der Waals surface area contributed by atoms with E-state index in [1.54, 1.807) is 6.07 Å². The van der Waals surface area contributed by atoms with E-state index < -0.39 is 5.91 Å². The van der Waals surface area contributed by atoms with Gasteiger partial charge in [0.2, 0.25) is 0 Å². The molecule has 0 unspecified atom stereocenters. The van der Waals surface area contributed by atoms with Crippen LogP contribution < -0.4 is 10.5 Å². The van der Waals surface area contributed by atoms with Gasteiger partial charge < -0.3 is 10.5 Å². The highest BCUT2D eigenvalue weighted by Crippen LogP contribution is 2.23. The maximum atomic E-state index is 10.6. The summed E-state index contributed by atoms with van der Waals surface area (Å²) in [5.41, 5.74) is 7.18. The minimum atomic E-state index is -0.477. The van der Waals surface area contributed by atoms with Crippen LogP contribution >= 0.6 is 0 Å². The summed E-state index contributed by atoms with van der Waals surface area (Å²) in [5.74, 6) is 0.167. The second-order valence-corrected chi connectivity index (χ2v) is 3.65. The third-order valence-electron chi connectivity index (χ3n) is 2.32. The molecule has 0 heterocycles. The molecule has 17 heavy (non-hydrogen) atoms. The third kappa shape index (κ3) is 3.08. The first kappa shape index (κ1) is 11.2. The van der Waals surface area contributed by atoms with Crippen molar-refractivity contribution in [1.82, 2.24) is 0 Å². The number of nitrogens with two attached hydrogens (primary N) is 1. The van der Waals surface area contributed by atoms with Gasteiger partial charge in [0.15, 0.2) is 6.61 Å². The Morgan fingerprint density at radius 2 is 1.71 bits per heavy atom. The summed E-state index contributed by atoms with van der Waals surface area (Å²) in [6.45, 7) is -0.0990. The van der Waals surface area contributed by atoms with E-state index in [4.69, 9.17) is 10.5 Å². The van der Waals surface area contributed by atoms with Crippen LogP contribution in [0.2, 0.25) is 0 Å². The van der Waals surface area contributed by atoms with Crippen LogP contribution in [0.5, 0.6) is 5.75 Å². The summed E-state index contributed by atoms with van der Waals surface area (Å²) in [5, 5.41) is 0. The Kier molecular flexibility index (Phi) is 3.40. The number of benzene rings is 2. The molecular weight excluding hydrogens is 214 g/mol. The van der Waals surface area contributed by atoms with Crippen LogP contribution in [0, 0.1) is 0 Å². The number of ether oxygens (including phenoxy) is 1. The van der Waals surface area contributed by atoms with Gasteiger partial charge in [0.05, 0.1) is 0 Å². The zero-order valence-electron chi connectivity index (χ0n) is 9.30. The van der Waals surface area contributed by atoms with Crippen molar-refractivity contribution in [3.05, 3.63) is 54.6 Å². The van der Waals surface area contributed by atoms with Gasteiger partial charge in [0, 0.05) is 0 Å². The Morgan fingerprint density at radius 3 is 2.41 bits per heavy atom. The lowest BCUT2D eigenvalue weighted by Gasteiger charge is -2.06. The summed E-state index contributed by atoms with van der Waals surface area (Å²) in [6.07, 6.45) is 0. The first-order chi connectivity index (χ1) is 8.25. The molecule has 0 saturated carbocycles. The van der Waals surface area contributed by atoms with Gasteiger partial charge in [-0.3, -0.25) is 4.79 Å². The van der Waals surface area contributed by atoms with Gasteiger partial charge in [-0.15, -0.1) is 0 Å². The minimum absolute atomic E-state index is 0.0990. The van der Waals surface area contributed by atoms with Crippen molar-refractivity contribution in [3.8, 4) is 16.9 Å². The van der Waals surface area contributed by atoms with Crippen molar-refractivity contribution in [2.45, 2.75) is 0 Å². The molecule has 0 aliphatic carbocycles. The molecule has 0 saturated heterocycles. The lowest BCUT2D eigenvalue weighted by Crippen LogP contribution is -2.19. The molecule has 1 amide bonds. The predicted octanol–water partition coefficient (Wildman–Crippen LogP) is 2.22. The molecule has 0 atom stereocenters. The molecule has 0 aromatic heterocycles. The van der Waals surface area contributed by atoms with Crippen LogP contribution in [0.15, 0.2) is 54.6 Å². The zero-order chi connectivity index (χ0) is 12.1. The van der Waals surface area contributed by atoms with Crippen molar-refractivity contribution in [2.24, 2.45) is 5.73 Å². The second-order valence-electron chi connectivity index (χ2n) is 3.65. The van der Waals surface area contributed by atoms with E-state index in [9.17, 15) is 4.79 Å². The molecule has 0 radical (unpaired) electrons. The van der Waals surface area contributed by atoms with Crippen molar-refractivity contribution in [1.29, 1.82) is 0 Å². The zero-order valence-corrected chi connectivity index (χ0v) is 9.30. The molecule has 2 N–H and O–H groups in total. The van der Waals surface area contributed by atoms with Gasteiger partial charge in [0.1, 0.15) is 5.75 Å². The molecule has 0 aliphatic heterocycles. The fourth-order valence-electron chi connectivity index (χ4n) is 1.55. The van der Waals surface area contributed by atoms with E-state index in [2.05, 4.69) is 0 Å². The molecular formula is C14H13NO2. The molecule has 0 aliphatic rings. The van der Waals surface area contributed by atoms with Crippen LogP contribution in [-0.4, -0.2) is 12.5 Å². The van der Waals surface area contributed by atoms with Gasteiger partial charge in [-0.1, -0.05) is 42.5 Å². The number of primary amides is 1. The quantitative estimate of drug-likeness (QED) is 0.870. The van der Waals surface area contributed by atoms with E-state index in [0.29, 0.717) is 5.75 Å². The Hall–Kier alpha value is -2.29. The number of amides is 1. The Morgan fingerprint density at radius 1 is 1.00 bits per heavy atom. The number of hydrogen-bond acceptors (Lipinski definition) is 2.